The summed E-state index contributed by atoms with van der Waals surface area (Å²) in [5.41, 5.74) is 9.27. The first kappa shape index (κ1) is 37.5. The molecule has 0 bridgehead atoms. The summed E-state index contributed by atoms with van der Waals surface area (Å²) in [4.78, 5) is 0. The van der Waals surface area contributed by atoms with Crippen molar-refractivity contribution >= 4 is 31.5 Å². The van der Waals surface area contributed by atoms with E-state index in [1.807, 2.05) is 48.5 Å². The molecule has 0 heterocycles. The Labute approximate surface area is 338 Å². The molecule has 0 radical (unpaired) electrons. The second-order valence-corrected chi connectivity index (χ2v) is 23.5. The molecule has 0 aliphatic carbocycles. The summed E-state index contributed by atoms with van der Waals surface area (Å²) in [6.45, 7) is 0. The predicted octanol–water partition coefficient (Wildman–Crippen LogP) is 9.77. The summed E-state index contributed by atoms with van der Waals surface area (Å²) in [5, 5.41) is 0. The summed E-state index contributed by atoms with van der Waals surface area (Å²) in [6, 6.07) is 70.4. The van der Waals surface area contributed by atoms with Gasteiger partial charge in [-0.2, -0.15) is 0 Å². The van der Waals surface area contributed by atoms with Crippen molar-refractivity contribution in [2.45, 2.75) is 0 Å². The van der Waals surface area contributed by atoms with Crippen molar-refractivity contribution in [2.24, 2.45) is 0 Å². The Hall–Kier alpha value is -6.40. The molecule has 0 aliphatic heterocycles. The SMILES string of the molecule is COc1ccc(-c2cc[c]([Ga-]([c]3ccc(-c4ccc(OC)cc4)cc3)([c]3ccc(-c4ccc(OC)cc4)cc3)[c]3ccc(-c4ccc(OC)cc4)cc3)cc2)cc1. The van der Waals surface area contributed by atoms with Gasteiger partial charge in [0.1, 0.15) is 0 Å². The summed E-state index contributed by atoms with van der Waals surface area (Å²) in [6.07, 6.45) is 0. The molecule has 280 valence electrons. The van der Waals surface area contributed by atoms with E-state index in [2.05, 4.69) is 146 Å². The molecular weight excluding hydrogens is 758 g/mol. The first-order chi connectivity index (χ1) is 28.0. The zero-order valence-electron chi connectivity index (χ0n) is 32.7. The van der Waals surface area contributed by atoms with Crippen LogP contribution in [0.5, 0.6) is 23.0 Å². The Bertz CT molecular complexity index is 2160. The predicted molar refractivity (Wildman–Crippen MR) is 238 cm³/mol. The van der Waals surface area contributed by atoms with Crippen molar-refractivity contribution in [1.29, 1.82) is 0 Å². The van der Waals surface area contributed by atoms with E-state index in [9.17, 15) is 0 Å². The van der Waals surface area contributed by atoms with E-state index in [-0.39, 0.29) is 0 Å². The standard InChI is InChI=1S/4C13H11O.Ga/c4*1-14-13-9-7-12(8-10-13)11-5-3-2-4-6-11;/h4*3-10H,1H3;/q;;;;-1. The van der Waals surface area contributed by atoms with Gasteiger partial charge in [-0.1, -0.05) is 0 Å². The van der Waals surface area contributed by atoms with E-state index < -0.39 is 15.0 Å². The van der Waals surface area contributed by atoms with Gasteiger partial charge in [0, 0.05) is 0 Å². The van der Waals surface area contributed by atoms with Crippen LogP contribution in [0.2, 0.25) is 0 Å². The van der Waals surface area contributed by atoms with Gasteiger partial charge in [-0.25, -0.2) is 0 Å². The van der Waals surface area contributed by atoms with Gasteiger partial charge >= 0.3 is 341 Å². The molecule has 0 aromatic heterocycles. The van der Waals surface area contributed by atoms with Gasteiger partial charge in [0.05, 0.1) is 0 Å². The molecule has 0 unspecified atom stereocenters. The zero-order valence-corrected chi connectivity index (χ0v) is 35.1. The van der Waals surface area contributed by atoms with Crippen LogP contribution in [0.3, 0.4) is 0 Å². The average molecular weight is 803 g/mol. The van der Waals surface area contributed by atoms with E-state index >= 15 is 0 Å². The van der Waals surface area contributed by atoms with Crippen molar-refractivity contribution in [2.75, 3.05) is 28.4 Å². The Kier molecular flexibility index (Phi) is 11.0. The third-order valence-electron chi connectivity index (χ3n) is 11.3. The van der Waals surface area contributed by atoms with Crippen molar-refractivity contribution in [3.8, 4) is 67.5 Å². The molecule has 0 amide bonds. The molecule has 0 aliphatic rings. The molecule has 0 N–H and O–H groups in total. The molecule has 0 fully saturated rings. The number of benzene rings is 8. The zero-order chi connectivity index (χ0) is 39.2. The van der Waals surface area contributed by atoms with Gasteiger partial charge in [0.25, 0.3) is 0 Å². The summed E-state index contributed by atoms with van der Waals surface area (Å²) in [7, 11) is 6.80. The van der Waals surface area contributed by atoms with Gasteiger partial charge in [0.15, 0.2) is 0 Å². The fourth-order valence-corrected chi connectivity index (χ4v) is 19.5. The van der Waals surface area contributed by atoms with Crippen LogP contribution in [0.15, 0.2) is 194 Å². The van der Waals surface area contributed by atoms with Crippen LogP contribution in [-0.2, 0) is 0 Å². The van der Waals surface area contributed by atoms with Gasteiger partial charge in [-0.3, -0.25) is 0 Å². The quantitative estimate of drug-likeness (QED) is 0.115. The molecule has 4 nitrogen and oxygen atoms in total. The molecule has 0 atom stereocenters. The van der Waals surface area contributed by atoms with Crippen LogP contribution in [0.25, 0.3) is 44.5 Å². The maximum atomic E-state index is 5.45. The molecule has 8 aromatic carbocycles. The van der Waals surface area contributed by atoms with Gasteiger partial charge in [-0.05, 0) is 0 Å². The van der Waals surface area contributed by atoms with Crippen molar-refractivity contribution < 1.29 is 18.9 Å². The van der Waals surface area contributed by atoms with Crippen molar-refractivity contribution in [3.05, 3.63) is 194 Å². The number of ether oxygens (including phenoxy) is 4. The van der Waals surface area contributed by atoms with E-state index in [0.29, 0.717) is 0 Å². The number of rotatable bonds is 12. The Balaban J connectivity index is 1.31. The van der Waals surface area contributed by atoms with E-state index in [1.54, 1.807) is 28.4 Å². The minimum atomic E-state index is -3.98. The maximum absolute atomic E-state index is 5.45. The summed E-state index contributed by atoms with van der Waals surface area (Å²) < 4.78 is 27.2. The fourth-order valence-electron chi connectivity index (χ4n) is 8.15. The fraction of sp³-hybridized carbons (Fsp3) is 0.0769. The number of methoxy groups -OCH3 is 4. The van der Waals surface area contributed by atoms with Crippen molar-refractivity contribution in [1.82, 2.24) is 0 Å². The summed E-state index contributed by atoms with van der Waals surface area (Å²) in [5.74, 6) is 3.39. The monoisotopic (exact) mass is 801 g/mol. The van der Waals surface area contributed by atoms with Gasteiger partial charge in [-0.15, -0.1) is 0 Å². The van der Waals surface area contributed by atoms with Crippen LogP contribution < -0.4 is 35.4 Å². The molecule has 8 aromatic rings. The van der Waals surface area contributed by atoms with Crippen LogP contribution >= 0.6 is 0 Å². The second kappa shape index (κ2) is 16.8. The van der Waals surface area contributed by atoms with Crippen LogP contribution in [0, 0.1) is 0 Å². The first-order valence-corrected chi connectivity index (χ1v) is 24.0. The van der Waals surface area contributed by atoms with E-state index in [1.165, 1.54) is 38.7 Å². The molecule has 57 heavy (non-hydrogen) atoms. The average Bonchev–Trinajstić information content (AvgIpc) is 3.30. The normalized spacial score (nSPS) is 11.2. The van der Waals surface area contributed by atoms with Crippen LogP contribution in [-0.4, -0.2) is 43.5 Å². The molecule has 0 saturated heterocycles. The Morgan fingerprint density at radius 2 is 0.351 bits per heavy atom. The third kappa shape index (κ3) is 7.60. The Morgan fingerprint density at radius 3 is 0.491 bits per heavy atom. The van der Waals surface area contributed by atoms with E-state index in [0.717, 1.165) is 45.3 Å². The molecular formula is C52H44GaO4-. The topological polar surface area (TPSA) is 36.9 Å². The van der Waals surface area contributed by atoms with Crippen LogP contribution in [0.1, 0.15) is 0 Å². The molecule has 8 rings (SSSR count). The molecule has 5 heteroatoms. The second-order valence-electron chi connectivity index (χ2n) is 14.3. The first-order valence-electron chi connectivity index (χ1n) is 19.2. The number of hydrogen-bond donors (Lipinski definition) is 0. The summed E-state index contributed by atoms with van der Waals surface area (Å²) >= 11 is -3.98. The third-order valence-corrected chi connectivity index (χ3v) is 23.0. The molecule has 0 spiro atoms. The van der Waals surface area contributed by atoms with Gasteiger partial charge in [0.2, 0.25) is 0 Å². The molecule has 0 saturated carbocycles. The van der Waals surface area contributed by atoms with E-state index in [4.69, 9.17) is 18.9 Å². The van der Waals surface area contributed by atoms with Crippen molar-refractivity contribution in [3.63, 3.8) is 0 Å². The Morgan fingerprint density at radius 1 is 0.211 bits per heavy atom. The number of hydrogen-bond acceptors (Lipinski definition) is 4. The van der Waals surface area contributed by atoms with Crippen LogP contribution in [0.4, 0.5) is 0 Å². The van der Waals surface area contributed by atoms with Gasteiger partial charge < -0.3 is 0 Å². The minimum absolute atomic E-state index is 0.847.